The first-order valence-corrected chi connectivity index (χ1v) is 9.59. The molecular formula is C22H22FN5O. The molecule has 0 unspecified atom stereocenters. The second kappa shape index (κ2) is 7.95. The molecule has 0 saturated carbocycles. The second-order valence-electron chi connectivity index (χ2n) is 7.28. The van der Waals surface area contributed by atoms with Crippen LogP contribution in [0, 0.1) is 12.7 Å². The lowest BCUT2D eigenvalue weighted by Gasteiger charge is -2.21. The Labute approximate surface area is 168 Å². The van der Waals surface area contributed by atoms with E-state index in [1.807, 2.05) is 31.0 Å². The Hall–Kier alpha value is -3.35. The lowest BCUT2D eigenvalue weighted by atomic mass is 10.2. The topological polar surface area (TPSA) is 71.0 Å². The number of pyridine rings is 1. The zero-order chi connectivity index (χ0) is 20.4. The predicted octanol–water partition coefficient (Wildman–Crippen LogP) is 3.55. The molecule has 29 heavy (non-hydrogen) atoms. The van der Waals surface area contributed by atoms with E-state index >= 15 is 0 Å². The Morgan fingerprint density at radius 2 is 2.07 bits per heavy atom. The summed E-state index contributed by atoms with van der Waals surface area (Å²) < 4.78 is 13.3. The van der Waals surface area contributed by atoms with Gasteiger partial charge in [-0.2, -0.15) is 0 Å². The van der Waals surface area contributed by atoms with E-state index < -0.39 is 0 Å². The maximum absolute atomic E-state index is 13.3. The van der Waals surface area contributed by atoms with Gasteiger partial charge in [0.2, 0.25) is 5.91 Å². The van der Waals surface area contributed by atoms with E-state index in [0.29, 0.717) is 11.5 Å². The summed E-state index contributed by atoms with van der Waals surface area (Å²) in [5.41, 5.74) is 4.34. The van der Waals surface area contributed by atoms with Gasteiger partial charge in [-0.05, 0) is 62.1 Å². The summed E-state index contributed by atoms with van der Waals surface area (Å²) in [6.45, 7) is 2.10. The van der Waals surface area contributed by atoms with Crippen LogP contribution < -0.4 is 10.2 Å². The maximum atomic E-state index is 13.3. The number of nitrogens with one attached hydrogen (secondary N) is 1. The van der Waals surface area contributed by atoms with Crippen molar-refractivity contribution in [2.24, 2.45) is 0 Å². The SMILES string of the molecule is Cc1ccnc(-c2nc3c(c(N(C)CC(=O)Nc4cccc(F)c4)n2)CCC3)c1. The molecule has 0 atom stereocenters. The normalized spacial score (nSPS) is 12.5. The number of anilines is 2. The second-order valence-corrected chi connectivity index (χ2v) is 7.28. The maximum Gasteiger partial charge on any atom is 0.243 e. The Morgan fingerprint density at radius 3 is 2.86 bits per heavy atom. The molecule has 1 N–H and O–H groups in total. The molecule has 3 aromatic rings. The van der Waals surface area contributed by atoms with E-state index in [0.717, 1.165) is 47.6 Å². The number of halogens is 1. The minimum atomic E-state index is -0.389. The molecule has 0 saturated heterocycles. The summed E-state index contributed by atoms with van der Waals surface area (Å²) in [4.78, 5) is 28.2. The van der Waals surface area contributed by atoms with E-state index in [2.05, 4.69) is 10.3 Å². The van der Waals surface area contributed by atoms with Crippen LogP contribution in [0.3, 0.4) is 0 Å². The molecule has 1 aliphatic carbocycles. The Morgan fingerprint density at radius 1 is 1.21 bits per heavy atom. The fourth-order valence-corrected chi connectivity index (χ4v) is 3.56. The van der Waals surface area contributed by atoms with Crippen LogP contribution in [0.15, 0.2) is 42.6 Å². The molecule has 0 bridgehead atoms. The van der Waals surface area contributed by atoms with Crippen LogP contribution >= 0.6 is 0 Å². The molecule has 2 aromatic heterocycles. The first kappa shape index (κ1) is 19.0. The molecule has 1 aliphatic rings. The number of fused-ring (bicyclic) bond motifs is 1. The van der Waals surface area contributed by atoms with Crippen molar-refractivity contribution in [1.82, 2.24) is 15.0 Å². The number of aryl methyl sites for hydroxylation is 2. The van der Waals surface area contributed by atoms with Crippen molar-refractivity contribution < 1.29 is 9.18 Å². The molecule has 0 radical (unpaired) electrons. The summed E-state index contributed by atoms with van der Waals surface area (Å²) in [6.07, 6.45) is 4.55. The van der Waals surface area contributed by atoms with Gasteiger partial charge >= 0.3 is 0 Å². The summed E-state index contributed by atoms with van der Waals surface area (Å²) in [7, 11) is 1.83. The monoisotopic (exact) mass is 391 g/mol. The lowest BCUT2D eigenvalue weighted by Crippen LogP contribution is -2.31. The highest BCUT2D eigenvalue weighted by Crippen LogP contribution is 2.30. The molecule has 4 rings (SSSR count). The first-order chi connectivity index (χ1) is 14.0. The van der Waals surface area contributed by atoms with Crippen LogP contribution in [-0.4, -0.2) is 34.5 Å². The van der Waals surface area contributed by atoms with E-state index in [1.54, 1.807) is 18.3 Å². The summed E-state index contributed by atoms with van der Waals surface area (Å²) in [6, 6.07) is 9.74. The van der Waals surface area contributed by atoms with Crippen LogP contribution in [0.1, 0.15) is 23.2 Å². The number of likely N-dealkylation sites (N-methyl/N-ethyl adjacent to an activating group) is 1. The number of hydrogen-bond donors (Lipinski definition) is 1. The number of carbonyl (C=O) groups excluding carboxylic acids is 1. The van der Waals surface area contributed by atoms with Gasteiger partial charge in [0.25, 0.3) is 0 Å². The number of hydrogen-bond acceptors (Lipinski definition) is 5. The number of carbonyl (C=O) groups is 1. The van der Waals surface area contributed by atoms with Gasteiger partial charge in [-0.3, -0.25) is 9.78 Å². The number of aromatic nitrogens is 3. The van der Waals surface area contributed by atoms with Gasteiger partial charge < -0.3 is 10.2 Å². The number of benzene rings is 1. The third-order valence-electron chi connectivity index (χ3n) is 4.91. The quantitative estimate of drug-likeness (QED) is 0.720. The zero-order valence-electron chi connectivity index (χ0n) is 16.4. The molecule has 1 aromatic carbocycles. The van der Waals surface area contributed by atoms with Crippen LogP contribution in [0.25, 0.3) is 11.5 Å². The predicted molar refractivity (Wildman–Crippen MR) is 110 cm³/mol. The molecule has 2 heterocycles. The van der Waals surface area contributed by atoms with Gasteiger partial charge in [0.1, 0.15) is 17.3 Å². The van der Waals surface area contributed by atoms with Crippen LogP contribution in [-0.2, 0) is 17.6 Å². The molecule has 1 amide bonds. The Bertz CT molecular complexity index is 1070. The summed E-state index contributed by atoms with van der Waals surface area (Å²) in [5.74, 6) is 0.695. The fraction of sp³-hybridized carbons (Fsp3) is 0.273. The molecule has 0 spiro atoms. The van der Waals surface area contributed by atoms with E-state index in [1.165, 1.54) is 12.1 Å². The summed E-state index contributed by atoms with van der Waals surface area (Å²) >= 11 is 0. The number of rotatable bonds is 5. The molecule has 148 valence electrons. The average molecular weight is 391 g/mol. The first-order valence-electron chi connectivity index (χ1n) is 9.59. The van der Waals surface area contributed by atoms with Crippen molar-refractivity contribution in [3.05, 3.63) is 65.2 Å². The number of amides is 1. The van der Waals surface area contributed by atoms with E-state index in [4.69, 9.17) is 9.97 Å². The Kier molecular flexibility index (Phi) is 5.20. The van der Waals surface area contributed by atoms with Crippen molar-refractivity contribution in [3.8, 4) is 11.5 Å². The third kappa shape index (κ3) is 4.23. The smallest absolute Gasteiger partial charge is 0.243 e. The molecule has 6 nitrogen and oxygen atoms in total. The van der Waals surface area contributed by atoms with Gasteiger partial charge in [-0.15, -0.1) is 0 Å². The minimum absolute atomic E-state index is 0.0979. The Balaban J connectivity index is 1.59. The van der Waals surface area contributed by atoms with E-state index in [-0.39, 0.29) is 18.3 Å². The van der Waals surface area contributed by atoms with Gasteiger partial charge in [-0.1, -0.05) is 6.07 Å². The highest BCUT2D eigenvalue weighted by molar-refractivity contribution is 5.94. The zero-order valence-corrected chi connectivity index (χ0v) is 16.4. The van der Waals surface area contributed by atoms with Gasteiger partial charge in [0, 0.05) is 30.2 Å². The van der Waals surface area contributed by atoms with Gasteiger partial charge in [0.15, 0.2) is 5.82 Å². The standard InChI is InChI=1S/C22H22FN5O/c1-14-9-10-24-19(11-14)21-26-18-8-4-7-17(18)22(27-21)28(2)13-20(29)25-16-6-3-5-15(23)12-16/h3,5-6,9-12H,4,7-8,13H2,1-2H3,(H,25,29). The van der Waals surface area contributed by atoms with Crippen molar-refractivity contribution in [1.29, 1.82) is 0 Å². The van der Waals surface area contributed by atoms with Gasteiger partial charge in [0.05, 0.1) is 6.54 Å². The van der Waals surface area contributed by atoms with Crippen molar-refractivity contribution >= 4 is 17.4 Å². The van der Waals surface area contributed by atoms with Crippen LogP contribution in [0.5, 0.6) is 0 Å². The highest BCUT2D eigenvalue weighted by atomic mass is 19.1. The number of nitrogens with zero attached hydrogens (tertiary/aromatic N) is 4. The highest BCUT2D eigenvalue weighted by Gasteiger charge is 2.23. The summed E-state index contributed by atoms with van der Waals surface area (Å²) in [5, 5.41) is 2.73. The van der Waals surface area contributed by atoms with Crippen molar-refractivity contribution in [2.45, 2.75) is 26.2 Å². The molecule has 0 fully saturated rings. The fourth-order valence-electron chi connectivity index (χ4n) is 3.56. The van der Waals surface area contributed by atoms with Crippen molar-refractivity contribution in [3.63, 3.8) is 0 Å². The van der Waals surface area contributed by atoms with E-state index in [9.17, 15) is 9.18 Å². The van der Waals surface area contributed by atoms with Crippen LogP contribution in [0.4, 0.5) is 15.9 Å². The minimum Gasteiger partial charge on any atom is -0.350 e. The van der Waals surface area contributed by atoms with Crippen molar-refractivity contribution in [2.75, 3.05) is 23.8 Å². The van der Waals surface area contributed by atoms with Crippen LogP contribution in [0.2, 0.25) is 0 Å². The lowest BCUT2D eigenvalue weighted by molar-refractivity contribution is -0.114. The molecule has 0 aliphatic heterocycles. The molecule has 7 heteroatoms. The average Bonchev–Trinajstić information content (AvgIpc) is 3.15. The largest absolute Gasteiger partial charge is 0.350 e. The van der Waals surface area contributed by atoms with Gasteiger partial charge in [-0.25, -0.2) is 14.4 Å². The third-order valence-corrected chi connectivity index (χ3v) is 4.91. The molecular weight excluding hydrogens is 369 g/mol.